The predicted octanol–water partition coefficient (Wildman–Crippen LogP) is 3.28. The largest absolute Gasteiger partial charge is 0.467 e. The second kappa shape index (κ2) is 6.80. The number of furan rings is 1. The van der Waals surface area contributed by atoms with Gasteiger partial charge in [-0.3, -0.25) is 4.79 Å². The van der Waals surface area contributed by atoms with Crippen molar-refractivity contribution in [2.24, 2.45) is 5.92 Å². The zero-order chi connectivity index (χ0) is 14.4. The summed E-state index contributed by atoms with van der Waals surface area (Å²) in [6.45, 7) is 5.43. The van der Waals surface area contributed by atoms with E-state index in [9.17, 15) is 4.79 Å². The van der Waals surface area contributed by atoms with Gasteiger partial charge in [-0.2, -0.15) is 0 Å². The van der Waals surface area contributed by atoms with Gasteiger partial charge in [0.1, 0.15) is 5.76 Å². The third-order valence-corrected chi connectivity index (χ3v) is 2.84. The van der Waals surface area contributed by atoms with Crippen LogP contribution in [0.2, 0.25) is 0 Å². The molecular weight excluding hydrogens is 252 g/mol. The summed E-state index contributed by atoms with van der Waals surface area (Å²) < 4.78 is 5.26. The summed E-state index contributed by atoms with van der Waals surface area (Å²) in [4.78, 5) is 12.0. The van der Waals surface area contributed by atoms with Gasteiger partial charge < -0.3 is 15.1 Å². The van der Waals surface area contributed by atoms with E-state index in [4.69, 9.17) is 4.42 Å². The van der Waals surface area contributed by atoms with E-state index in [0.29, 0.717) is 24.6 Å². The molecule has 0 aliphatic rings. The molecule has 2 aromatic rings. The van der Waals surface area contributed by atoms with E-state index >= 15 is 0 Å². The van der Waals surface area contributed by atoms with Crippen LogP contribution in [0.5, 0.6) is 0 Å². The summed E-state index contributed by atoms with van der Waals surface area (Å²) in [6, 6.07) is 11.2. The van der Waals surface area contributed by atoms with Gasteiger partial charge in [0.2, 0.25) is 0 Å². The molecule has 1 aromatic heterocycles. The van der Waals surface area contributed by atoms with E-state index < -0.39 is 0 Å². The molecule has 0 saturated heterocycles. The van der Waals surface area contributed by atoms with Crippen LogP contribution in [0.3, 0.4) is 0 Å². The maximum atomic E-state index is 12.0. The second-order valence-electron chi connectivity index (χ2n) is 5.12. The molecule has 2 rings (SSSR count). The smallest absolute Gasteiger partial charge is 0.251 e. The van der Waals surface area contributed by atoms with Crippen LogP contribution in [0.4, 0.5) is 5.69 Å². The number of amides is 1. The molecule has 1 aromatic carbocycles. The third kappa shape index (κ3) is 4.16. The Balaban J connectivity index is 1.95. The van der Waals surface area contributed by atoms with Crippen molar-refractivity contribution in [3.8, 4) is 0 Å². The number of rotatable bonds is 6. The Hall–Kier alpha value is -2.23. The van der Waals surface area contributed by atoms with Gasteiger partial charge in [-0.05, 0) is 36.2 Å². The molecule has 20 heavy (non-hydrogen) atoms. The van der Waals surface area contributed by atoms with Crippen molar-refractivity contribution in [3.05, 3.63) is 54.0 Å². The number of carbonyl (C=O) groups excluding carboxylic acids is 1. The van der Waals surface area contributed by atoms with Crippen molar-refractivity contribution >= 4 is 11.6 Å². The molecule has 0 aliphatic carbocycles. The van der Waals surface area contributed by atoms with Crippen LogP contribution in [-0.4, -0.2) is 12.5 Å². The first-order chi connectivity index (χ1) is 9.65. The lowest BCUT2D eigenvalue weighted by Crippen LogP contribution is -2.27. The first kappa shape index (κ1) is 14.2. The van der Waals surface area contributed by atoms with Gasteiger partial charge in [0.05, 0.1) is 12.8 Å². The van der Waals surface area contributed by atoms with Crippen molar-refractivity contribution in [1.82, 2.24) is 5.32 Å². The van der Waals surface area contributed by atoms with Crippen molar-refractivity contribution in [1.29, 1.82) is 0 Å². The molecule has 0 atom stereocenters. The summed E-state index contributed by atoms with van der Waals surface area (Å²) in [5, 5.41) is 6.14. The van der Waals surface area contributed by atoms with Gasteiger partial charge in [0, 0.05) is 17.8 Å². The second-order valence-corrected chi connectivity index (χ2v) is 5.12. The average Bonchev–Trinajstić information content (AvgIpc) is 2.96. The molecular formula is C16H20N2O2. The van der Waals surface area contributed by atoms with Gasteiger partial charge in [0.15, 0.2) is 0 Å². The minimum atomic E-state index is -0.0413. The molecule has 0 fully saturated rings. The van der Waals surface area contributed by atoms with E-state index in [1.165, 1.54) is 0 Å². The predicted molar refractivity (Wildman–Crippen MR) is 79.6 cm³/mol. The maximum Gasteiger partial charge on any atom is 0.251 e. The zero-order valence-electron chi connectivity index (χ0n) is 11.8. The highest BCUT2D eigenvalue weighted by atomic mass is 16.3. The minimum Gasteiger partial charge on any atom is -0.467 e. The first-order valence-corrected chi connectivity index (χ1v) is 6.79. The lowest BCUT2D eigenvalue weighted by atomic mass is 10.1. The molecule has 1 heterocycles. The number of hydrogen-bond donors (Lipinski definition) is 2. The van der Waals surface area contributed by atoms with Crippen LogP contribution in [0, 0.1) is 5.92 Å². The van der Waals surface area contributed by atoms with Gasteiger partial charge in [-0.25, -0.2) is 0 Å². The maximum absolute atomic E-state index is 12.0. The van der Waals surface area contributed by atoms with Crippen LogP contribution >= 0.6 is 0 Å². The Morgan fingerprint density at radius 1 is 1.25 bits per heavy atom. The average molecular weight is 272 g/mol. The summed E-state index contributed by atoms with van der Waals surface area (Å²) in [5.41, 5.74) is 1.56. The van der Waals surface area contributed by atoms with Crippen molar-refractivity contribution in [2.75, 3.05) is 11.9 Å². The van der Waals surface area contributed by atoms with Crippen LogP contribution < -0.4 is 10.6 Å². The van der Waals surface area contributed by atoms with Crippen LogP contribution in [0.25, 0.3) is 0 Å². The molecule has 1 amide bonds. The molecule has 106 valence electrons. The Morgan fingerprint density at radius 3 is 2.80 bits per heavy atom. The van der Waals surface area contributed by atoms with E-state index in [1.807, 2.05) is 36.4 Å². The monoisotopic (exact) mass is 272 g/mol. The number of hydrogen-bond acceptors (Lipinski definition) is 3. The SMILES string of the molecule is CC(C)CNC(=O)c1cccc(NCc2ccco2)c1. The third-order valence-electron chi connectivity index (χ3n) is 2.84. The standard InChI is InChI=1S/C16H20N2O2/c1-12(2)10-18-16(19)13-5-3-6-14(9-13)17-11-15-7-4-8-20-15/h3-9,12,17H,10-11H2,1-2H3,(H,18,19). The minimum absolute atomic E-state index is 0.0413. The Kier molecular flexibility index (Phi) is 4.82. The number of carbonyl (C=O) groups is 1. The lowest BCUT2D eigenvalue weighted by molar-refractivity contribution is 0.0949. The molecule has 0 radical (unpaired) electrons. The fourth-order valence-corrected chi connectivity index (χ4v) is 1.77. The number of nitrogens with one attached hydrogen (secondary N) is 2. The number of anilines is 1. The van der Waals surface area contributed by atoms with Crippen LogP contribution in [0.15, 0.2) is 47.1 Å². The van der Waals surface area contributed by atoms with Crippen molar-refractivity contribution < 1.29 is 9.21 Å². The zero-order valence-corrected chi connectivity index (χ0v) is 11.8. The molecule has 0 unspecified atom stereocenters. The summed E-state index contributed by atoms with van der Waals surface area (Å²) in [5.74, 6) is 1.26. The summed E-state index contributed by atoms with van der Waals surface area (Å²) in [6.07, 6.45) is 1.65. The van der Waals surface area contributed by atoms with Crippen molar-refractivity contribution in [2.45, 2.75) is 20.4 Å². The van der Waals surface area contributed by atoms with E-state index in [0.717, 1.165) is 11.4 Å². The molecule has 2 N–H and O–H groups in total. The molecule has 0 aliphatic heterocycles. The highest BCUT2D eigenvalue weighted by molar-refractivity contribution is 5.95. The Labute approximate surface area is 119 Å². The van der Waals surface area contributed by atoms with E-state index in [1.54, 1.807) is 6.26 Å². The molecule has 0 bridgehead atoms. The number of benzene rings is 1. The normalized spacial score (nSPS) is 10.6. The fourth-order valence-electron chi connectivity index (χ4n) is 1.77. The molecule has 0 saturated carbocycles. The highest BCUT2D eigenvalue weighted by Crippen LogP contribution is 2.12. The Morgan fingerprint density at radius 2 is 2.10 bits per heavy atom. The van der Waals surface area contributed by atoms with E-state index in [-0.39, 0.29) is 5.91 Å². The highest BCUT2D eigenvalue weighted by Gasteiger charge is 2.06. The van der Waals surface area contributed by atoms with Crippen molar-refractivity contribution in [3.63, 3.8) is 0 Å². The summed E-state index contributed by atoms with van der Waals surface area (Å²) in [7, 11) is 0. The van der Waals surface area contributed by atoms with Gasteiger partial charge >= 0.3 is 0 Å². The quantitative estimate of drug-likeness (QED) is 0.848. The first-order valence-electron chi connectivity index (χ1n) is 6.79. The fraction of sp³-hybridized carbons (Fsp3) is 0.312. The van der Waals surface area contributed by atoms with Crippen LogP contribution in [-0.2, 0) is 6.54 Å². The molecule has 0 spiro atoms. The van der Waals surface area contributed by atoms with E-state index in [2.05, 4.69) is 24.5 Å². The lowest BCUT2D eigenvalue weighted by Gasteiger charge is -2.09. The molecule has 4 heteroatoms. The summed E-state index contributed by atoms with van der Waals surface area (Å²) >= 11 is 0. The molecule has 4 nitrogen and oxygen atoms in total. The van der Waals surface area contributed by atoms with Gasteiger partial charge in [-0.1, -0.05) is 19.9 Å². The Bertz CT molecular complexity index is 547. The van der Waals surface area contributed by atoms with Gasteiger partial charge in [-0.15, -0.1) is 0 Å². The van der Waals surface area contributed by atoms with Crippen LogP contribution in [0.1, 0.15) is 30.0 Å². The van der Waals surface area contributed by atoms with Gasteiger partial charge in [0.25, 0.3) is 5.91 Å². The topological polar surface area (TPSA) is 54.3 Å².